The molecule has 5 heteroatoms. The molecular formula is C19H12Cl2N2S. The smallest absolute Gasteiger partial charge is 0.148 e. The first-order valence-electron chi connectivity index (χ1n) is 7.36. The van der Waals surface area contributed by atoms with Gasteiger partial charge in [0.1, 0.15) is 5.82 Å². The molecule has 2 aromatic carbocycles. The van der Waals surface area contributed by atoms with Crippen LogP contribution in [0.3, 0.4) is 0 Å². The van der Waals surface area contributed by atoms with Crippen LogP contribution in [0.2, 0.25) is 10.0 Å². The Labute approximate surface area is 153 Å². The quantitative estimate of drug-likeness (QED) is 0.422. The summed E-state index contributed by atoms with van der Waals surface area (Å²) in [5.41, 5.74) is 3.76. The predicted molar refractivity (Wildman–Crippen MR) is 103 cm³/mol. The van der Waals surface area contributed by atoms with Gasteiger partial charge < -0.3 is 4.98 Å². The van der Waals surface area contributed by atoms with E-state index in [0.29, 0.717) is 10.0 Å². The maximum absolute atomic E-state index is 6.18. The molecule has 4 aromatic rings. The number of thiophene rings is 1. The average Bonchev–Trinajstić information content (AvgIpc) is 3.24. The van der Waals surface area contributed by atoms with Crippen LogP contribution in [0.15, 0.2) is 66.0 Å². The van der Waals surface area contributed by atoms with E-state index in [-0.39, 0.29) is 0 Å². The third kappa shape index (κ3) is 2.98. The van der Waals surface area contributed by atoms with Crippen molar-refractivity contribution in [1.29, 1.82) is 0 Å². The number of H-pyrrole nitrogens is 1. The Morgan fingerprint density at radius 3 is 2.25 bits per heavy atom. The number of aromatic amines is 1. The van der Waals surface area contributed by atoms with Gasteiger partial charge in [-0.05, 0) is 29.6 Å². The second-order valence-electron chi connectivity index (χ2n) is 5.31. The van der Waals surface area contributed by atoms with E-state index in [0.717, 1.165) is 33.2 Å². The predicted octanol–water partition coefficient (Wildman–Crippen LogP) is 6.78. The topological polar surface area (TPSA) is 28.7 Å². The van der Waals surface area contributed by atoms with Crippen LogP contribution >= 0.6 is 34.5 Å². The van der Waals surface area contributed by atoms with Crippen molar-refractivity contribution in [1.82, 2.24) is 9.97 Å². The third-order valence-electron chi connectivity index (χ3n) is 3.66. The first-order valence-corrected chi connectivity index (χ1v) is 9.00. The fraction of sp³-hybridized carbons (Fsp3) is 0. The second kappa shape index (κ2) is 6.44. The summed E-state index contributed by atoms with van der Waals surface area (Å²) in [6.07, 6.45) is 0. The van der Waals surface area contributed by atoms with Gasteiger partial charge in [0.15, 0.2) is 0 Å². The maximum Gasteiger partial charge on any atom is 0.148 e. The summed E-state index contributed by atoms with van der Waals surface area (Å²) in [5.74, 6) is 0.843. The fourth-order valence-corrected chi connectivity index (χ4v) is 3.81. The monoisotopic (exact) mass is 370 g/mol. The lowest BCUT2D eigenvalue weighted by atomic mass is 10.1. The molecule has 24 heavy (non-hydrogen) atoms. The maximum atomic E-state index is 6.18. The Morgan fingerprint density at radius 1 is 0.833 bits per heavy atom. The summed E-state index contributed by atoms with van der Waals surface area (Å²) in [6.45, 7) is 0. The number of benzene rings is 2. The molecule has 1 N–H and O–H groups in total. The Bertz CT molecular complexity index is 956. The van der Waals surface area contributed by atoms with Crippen molar-refractivity contribution in [3.05, 3.63) is 76.1 Å². The highest BCUT2D eigenvalue weighted by molar-refractivity contribution is 7.13. The van der Waals surface area contributed by atoms with Crippen LogP contribution in [0, 0.1) is 0 Å². The van der Waals surface area contributed by atoms with Gasteiger partial charge in [0.2, 0.25) is 0 Å². The normalized spacial score (nSPS) is 10.9. The molecule has 2 heterocycles. The number of hydrogen-bond donors (Lipinski definition) is 1. The first kappa shape index (κ1) is 15.5. The summed E-state index contributed by atoms with van der Waals surface area (Å²) in [7, 11) is 0. The molecular weight excluding hydrogens is 359 g/mol. The average molecular weight is 371 g/mol. The van der Waals surface area contributed by atoms with Crippen molar-refractivity contribution >= 4 is 34.5 Å². The van der Waals surface area contributed by atoms with Gasteiger partial charge in [-0.3, -0.25) is 0 Å². The van der Waals surface area contributed by atoms with Gasteiger partial charge in [0.05, 0.1) is 16.3 Å². The zero-order valence-corrected chi connectivity index (χ0v) is 14.8. The summed E-state index contributed by atoms with van der Waals surface area (Å²) in [4.78, 5) is 9.36. The van der Waals surface area contributed by atoms with Crippen LogP contribution in [0.4, 0.5) is 0 Å². The highest BCUT2D eigenvalue weighted by Gasteiger charge is 2.16. The molecule has 0 amide bonds. The van der Waals surface area contributed by atoms with E-state index in [1.807, 2.05) is 47.8 Å². The van der Waals surface area contributed by atoms with Crippen molar-refractivity contribution in [2.45, 2.75) is 0 Å². The van der Waals surface area contributed by atoms with E-state index < -0.39 is 0 Å². The molecule has 0 fully saturated rings. The molecule has 0 bridgehead atoms. The van der Waals surface area contributed by atoms with E-state index in [9.17, 15) is 0 Å². The van der Waals surface area contributed by atoms with Crippen LogP contribution in [0.1, 0.15) is 0 Å². The minimum Gasteiger partial charge on any atom is -0.337 e. The van der Waals surface area contributed by atoms with Crippen molar-refractivity contribution in [3.8, 4) is 33.2 Å². The van der Waals surface area contributed by atoms with E-state index in [2.05, 4.69) is 17.1 Å². The Balaban J connectivity index is 1.94. The minimum absolute atomic E-state index is 0.595. The van der Waals surface area contributed by atoms with Crippen LogP contribution in [-0.4, -0.2) is 9.97 Å². The van der Waals surface area contributed by atoms with Gasteiger partial charge in [-0.15, -0.1) is 11.3 Å². The minimum atomic E-state index is 0.595. The lowest BCUT2D eigenvalue weighted by Crippen LogP contribution is -1.84. The van der Waals surface area contributed by atoms with Gasteiger partial charge in [0, 0.05) is 21.2 Å². The Hall–Kier alpha value is -2.07. The molecule has 0 unspecified atom stereocenters. The molecule has 0 aliphatic carbocycles. The van der Waals surface area contributed by atoms with Gasteiger partial charge in [-0.25, -0.2) is 4.98 Å². The standard InChI is InChI=1S/C19H12Cl2N2S/c20-14-9-13(10-15(21)11-14)18-17(12-5-2-1-3-6-12)22-19(23-18)16-7-4-8-24-16/h1-11H,(H,22,23). The van der Waals surface area contributed by atoms with Gasteiger partial charge in [0.25, 0.3) is 0 Å². The van der Waals surface area contributed by atoms with E-state index in [1.54, 1.807) is 17.4 Å². The summed E-state index contributed by atoms with van der Waals surface area (Å²) >= 11 is 14.0. The van der Waals surface area contributed by atoms with Crippen molar-refractivity contribution in [3.63, 3.8) is 0 Å². The van der Waals surface area contributed by atoms with Crippen LogP contribution in [0.25, 0.3) is 33.2 Å². The SMILES string of the molecule is Clc1cc(Cl)cc(-c2nc(-c3cccs3)[nH]c2-c2ccccc2)c1. The van der Waals surface area contributed by atoms with E-state index >= 15 is 0 Å². The largest absolute Gasteiger partial charge is 0.337 e. The molecule has 2 aromatic heterocycles. The number of nitrogens with zero attached hydrogens (tertiary/aromatic N) is 1. The second-order valence-corrected chi connectivity index (χ2v) is 7.13. The van der Waals surface area contributed by atoms with Gasteiger partial charge in [-0.2, -0.15) is 0 Å². The molecule has 0 saturated heterocycles. The lowest BCUT2D eigenvalue weighted by molar-refractivity contribution is 1.33. The number of imidazole rings is 1. The molecule has 0 spiro atoms. The number of rotatable bonds is 3. The zero-order valence-electron chi connectivity index (χ0n) is 12.5. The number of nitrogens with one attached hydrogen (secondary N) is 1. The number of hydrogen-bond acceptors (Lipinski definition) is 2. The van der Waals surface area contributed by atoms with E-state index in [1.165, 1.54) is 0 Å². The molecule has 0 aliphatic rings. The van der Waals surface area contributed by atoms with Crippen molar-refractivity contribution in [2.75, 3.05) is 0 Å². The summed E-state index contributed by atoms with van der Waals surface area (Å²) in [5, 5.41) is 3.23. The third-order valence-corrected chi connectivity index (χ3v) is 4.97. The molecule has 2 nitrogen and oxygen atoms in total. The highest BCUT2D eigenvalue weighted by atomic mass is 35.5. The fourth-order valence-electron chi connectivity index (χ4n) is 2.62. The van der Waals surface area contributed by atoms with Crippen LogP contribution in [-0.2, 0) is 0 Å². The van der Waals surface area contributed by atoms with Crippen molar-refractivity contribution < 1.29 is 0 Å². The van der Waals surface area contributed by atoms with Crippen LogP contribution in [0.5, 0.6) is 0 Å². The summed E-state index contributed by atoms with van der Waals surface area (Å²) in [6, 6.07) is 19.7. The molecule has 0 aliphatic heterocycles. The Kier molecular flexibility index (Phi) is 4.15. The lowest BCUT2D eigenvalue weighted by Gasteiger charge is -2.04. The molecule has 0 radical (unpaired) electrons. The van der Waals surface area contributed by atoms with Crippen LogP contribution < -0.4 is 0 Å². The number of halogens is 2. The molecule has 0 atom stereocenters. The molecule has 4 rings (SSSR count). The van der Waals surface area contributed by atoms with Gasteiger partial charge in [-0.1, -0.05) is 59.6 Å². The first-order chi connectivity index (χ1) is 11.7. The van der Waals surface area contributed by atoms with E-state index in [4.69, 9.17) is 28.2 Å². The van der Waals surface area contributed by atoms with Gasteiger partial charge >= 0.3 is 0 Å². The number of aromatic nitrogens is 2. The molecule has 0 saturated carbocycles. The molecule has 118 valence electrons. The summed E-state index contributed by atoms with van der Waals surface area (Å²) < 4.78 is 0. The highest BCUT2D eigenvalue weighted by Crippen LogP contribution is 2.36. The zero-order chi connectivity index (χ0) is 16.5. The Morgan fingerprint density at radius 2 is 1.58 bits per heavy atom. The van der Waals surface area contributed by atoms with Crippen molar-refractivity contribution in [2.24, 2.45) is 0 Å².